The van der Waals surface area contributed by atoms with Crippen molar-refractivity contribution in [2.75, 3.05) is 13.2 Å². The van der Waals surface area contributed by atoms with E-state index in [2.05, 4.69) is 23.5 Å². The minimum atomic E-state index is -0.426. The van der Waals surface area contributed by atoms with Crippen LogP contribution >= 0.6 is 0 Å². The summed E-state index contributed by atoms with van der Waals surface area (Å²) in [5, 5.41) is 11.2. The number of nitrogens with one attached hydrogen (secondary N) is 1. The molecule has 0 saturated heterocycles. The van der Waals surface area contributed by atoms with E-state index in [-0.39, 0.29) is 5.91 Å². The van der Waals surface area contributed by atoms with E-state index in [9.17, 15) is 4.79 Å². The Labute approximate surface area is 102 Å². The molecule has 1 aliphatic carbocycles. The molecular weight excluding hydrogens is 214 g/mol. The number of carbonyl (C=O) groups is 1. The number of fused-ring (bicyclic) bond motifs is 1. The van der Waals surface area contributed by atoms with Gasteiger partial charge in [-0.05, 0) is 48.8 Å². The molecule has 17 heavy (non-hydrogen) atoms. The number of aryl methyl sites for hydroxylation is 2. The van der Waals surface area contributed by atoms with Crippen LogP contribution in [-0.2, 0) is 24.1 Å². The molecule has 1 aromatic rings. The summed E-state index contributed by atoms with van der Waals surface area (Å²) < 4.78 is 0. The van der Waals surface area contributed by atoms with E-state index in [1.165, 1.54) is 42.4 Å². The molecule has 0 spiro atoms. The second-order valence-electron chi connectivity index (χ2n) is 4.57. The lowest BCUT2D eigenvalue weighted by Crippen LogP contribution is -2.28. The van der Waals surface area contributed by atoms with E-state index in [1.807, 2.05) is 0 Å². The summed E-state index contributed by atoms with van der Waals surface area (Å²) in [6.07, 6.45) is 5.82. The predicted molar refractivity (Wildman–Crippen MR) is 66.9 cm³/mol. The third-order valence-corrected chi connectivity index (χ3v) is 3.29. The number of amides is 1. The molecule has 2 rings (SSSR count). The van der Waals surface area contributed by atoms with Crippen molar-refractivity contribution in [2.24, 2.45) is 0 Å². The molecule has 1 aliphatic rings. The fourth-order valence-electron chi connectivity index (χ4n) is 2.34. The Kier molecular flexibility index (Phi) is 4.15. The number of carbonyl (C=O) groups excluding carboxylic acids is 1. The summed E-state index contributed by atoms with van der Waals surface area (Å²) in [7, 11) is 0. The molecule has 0 aromatic heterocycles. The molecule has 92 valence electrons. The van der Waals surface area contributed by atoms with Crippen LogP contribution in [0, 0.1) is 0 Å². The molecule has 0 aliphatic heterocycles. The average molecular weight is 233 g/mol. The number of benzene rings is 1. The van der Waals surface area contributed by atoms with Crippen molar-refractivity contribution in [3.63, 3.8) is 0 Å². The van der Waals surface area contributed by atoms with Crippen LogP contribution in [0.25, 0.3) is 0 Å². The van der Waals surface area contributed by atoms with Crippen molar-refractivity contribution in [2.45, 2.75) is 32.1 Å². The molecule has 3 nitrogen and oxygen atoms in total. The maximum atomic E-state index is 10.9. The van der Waals surface area contributed by atoms with E-state index < -0.39 is 6.61 Å². The fraction of sp³-hybridized carbons (Fsp3) is 0.500. The summed E-state index contributed by atoms with van der Waals surface area (Å²) in [5.41, 5.74) is 4.23. The smallest absolute Gasteiger partial charge is 0.245 e. The van der Waals surface area contributed by atoms with E-state index >= 15 is 0 Å². The maximum absolute atomic E-state index is 10.9. The van der Waals surface area contributed by atoms with Crippen LogP contribution in [-0.4, -0.2) is 24.2 Å². The zero-order valence-corrected chi connectivity index (χ0v) is 10.0. The molecule has 2 N–H and O–H groups in total. The van der Waals surface area contributed by atoms with Gasteiger partial charge in [-0.3, -0.25) is 4.79 Å². The van der Waals surface area contributed by atoms with Crippen molar-refractivity contribution in [1.29, 1.82) is 0 Å². The van der Waals surface area contributed by atoms with E-state index in [0.717, 1.165) is 6.42 Å². The molecule has 0 fully saturated rings. The van der Waals surface area contributed by atoms with Crippen molar-refractivity contribution < 1.29 is 9.90 Å². The first-order chi connectivity index (χ1) is 8.29. The first-order valence-corrected chi connectivity index (χ1v) is 6.28. The molecule has 0 unspecified atom stereocenters. The normalized spacial score (nSPS) is 14.2. The van der Waals surface area contributed by atoms with Gasteiger partial charge in [0.25, 0.3) is 0 Å². The Morgan fingerprint density at radius 2 is 2.00 bits per heavy atom. The summed E-state index contributed by atoms with van der Waals surface area (Å²) >= 11 is 0. The first kappa shape index (κ1) is 12.1. The van der Waals surface area contributed by atoms with Gasteiger partial charge in [-0.2, -0.15) is 0 Å². The molecule has 0 heterocycles. The predicted octanol–water partition coefficient (Wildman–Crippen LogP) is 1.22. The highest BCUT2D eigenvalue weighted by atomic mass is 16.3. The van der Waals surface area contributed by atoms with Crippen LogP contribution in [0.3, 0.4) is 0 Å². The Morgan fingerprint density at radius 1 is 1.24 bits per heavy atom. The first-order valence-electron chi connectivity index (χ1n) is 6.28. The number of hydrogen-bond donors (Lipinski definition) is 2. The lowest BCUT2D eigenvalue weighted by atomic mass is 9.90. The van der Waals surface area contributed by atoms with E-state index in [4.69, 9.17) is 5.11 Å². The second kappa shape index (κ2) is 5.82. The lowest BCUT2D eigenvalue weighted by Gasteiger charge is -2.16. The Bertz CT molecular complexity index is 401. The minimum Gasteiger partial charge on any atom is -0.387 e. The van der Waals surface area contributed by atoms with E-state index in [0.29, 0.717) is 6.54 Å². The number of hydrogen-bond acceptors (Lipinski definition) is 2. The molecule has 0 bridgehead atoms. The average Bonchev–Trinajstić information content (AvgIpc) is 2.38. The molecular formula is C14H19NO2. The van der Waals surface area contributed by atoms with Crippen molar-refractivity contribution >= 4 is 5.91 Å². The molecule has 3 heteroatoms. The summed E-state index contributed by atoms with van der Waals surface area (Å²) in [6.45, 7) is 0.169. The highest BCUT2D eigenvalue weighted by molar-refractivity contribution is 5.76. The Morgan fingerprint density at radius 3 is 2.76 bits per heavy atom. The molecule has 0 saturated carbocycles. The van der Waals surface area contributed by atoms with E-state index in [1.54, 1.807) is 0 Å². The van der Waals surface area contributed by atoms with Crippen molar-refractivity contribution in [3.05, 3.63) is 34.9 Å². The largest absolute Gasteiger partial charge is 0.387 e. The van der Waals surface area contributed by atoms with Crippen LogP contribution in [0.15, 0.2) is 18.2 Å². The van der Waals surface area contributed by atoms with Gasteiger partial charge < -0.3 is 10.4 Å². The van der Waals surface area contributed by atoms with Gasteiger partial charge in [0.15, 0.2) is 0 Å². The minimum absolute atomic E-state index is 0.303. The molecule has 1 amide bonds. The van der Waals surface area contributed by atoms with Gasteiger partial charge in [0, 0.05) is 6.54 Å². The second-order valence-corrected chi connectivity index (χ2v) is 4.57. The van der Waals surface area contributed by atoms with Gasteiger partial charge in [0.05, 0.1) is 0 Å². The number of aliphatic hydroxyl groups excluding tert-OH is 1. The Balaban J connectivity index is 1.91. The van der Waals surface area contributed by atoms with Gasteiger partial charge in [0.1, 0.15) is 6.61 Å². The lowest BCUT2D eigenvalue weighted by molar-refractivity contribution is -0.123. The third-order valence-electron chi connectivity index (χ3n) is 3.29. The monoisotopic (exact) mass is 233 g/mol. The maximum Gasteiger partial charge on any atom is 0.245 e. The van der Waals surface area contributed by atoms with Crippen LogP contribution in [0.4, 0.5) is 0 Å². The van der Waals surface area contributed by atoms with Gasteiger partial charge >= 0.3 is 0 Å². The summed E-state index contributed by atoms with van der Waals surface area (Å²) in [5.74, 6) is -0.303. The van der Waals surface area contributed by atoms with Gasteiger partial charge in [0.2, 0.25) is 5.91 Å². The van der Waals surface area contributed by atoms with Crippen LogP contribution < -0.4 is 5.32 Å². The van der Waals surface area contributed by atoms with Gasteiger partial charge in [-0.25, -0.2) is 0 Å². The zero-order chi connectivity index (χ0) is 12.1. The summed E-state index contributed by atoms with van der Waals surface area (Å²) in [6, 6.07) is 6.63. The highest BCUT2D eigenvalue weighted by Crippen LogP contribution is 2.22. The Hall–Kier alpha value is -1.35. The van der Waals surface area contributed by atoms with Gasteiger partial charge in [-0.15, -0.1) is 0 Å². The SMILES string of the molecule is O=C(CO)NCCc1ccc2c(c1)CCCC2. The molecule has 1 aromatic carbocycles. The topological polar surface area (TPSA) is 49.3 Å². The summed E-state index contributed by atoms with van der Waals surface area (Å²) in [4.78, 5) is 10.9. The highest BCUT2D eigenvalue weighted by Gasteiger charge is 2.09. The standard InChI is InChI=1S/C14H19NO2/c16-10-14(17)15-8-7-11-5-6-12-3-1-2-4-13(12)9-11/h5-6,9,16H,1-4,7-8,10H2,(H,15,17). The van der Waals surface area contributed by atoms with Crippen LogP contribution in [0.1, 0.15) is 29.5 Å². The quantitative estimate of drug-likeness (QED) is 0.821. The zero-order valence-electron chi connectivity index (χ0n) is 10.0. The number of rotatable bonds is 4. The third kappa shape index (κ3) is 3.30. The molecule has 0 atom stereocenters. The van der Waals surface area contributed by atoms with Crippen molar-refractivity contribution in [1.82, 2.24) is 5.32 Å². The fourth-order valence-corrected chi connectivity index (χ4v) is 2.34. The molecule has 0 radical (unpaired) electrons. The van der Waals surface area contributed by atoms with Gasteiger partial charge in [-0.1, -0.05) is 18.2 Å². The van der Waals surface area contributed by atoms with Crippen LogP contribution in [0.5, 0.6) is 0 Å². The van der Waals surface area contributed by atoms with Crippen molar-refractivity contribution in [3.8, 4) is 0 Å². The van der Waals surface area contributed by atoms with Crippen LogP contribution in [0.2, 0.25) is 0 Å². The number of aliphatic hydroxyl groups is 1.